The maximum atomic E-state index is 13.0. The summed E-state index contributed by atoms with van der Waals surface area (Å²) in [6.45, 7) is 2.31. The minimum atomic E-state index is -0.515. The Bertz CT molecular complexity index is 954. The average molecular weight is 381 g/mol. The van der Waals surface area contributed by atoms with Crippen molar-refractivity contribution in [3.05, 3.63) is 75.7 Å². The standard InChI is InChI=1S/C21H19NO4S/c1-13-22-17(12-27-13)20-21(26-20)19(23)16-9-8-15(24-2)10-18(16)25-11-14-6-4-3-5-7-14/h3-10,12,20-21H,11H2,1-2H3/t20-,21+/m1/s1. The smallest absolute Gasteiger partial charge is 0.198 e. The van der Waals surface area contributed by atoms with Gasteiger partial charge in [0.2, 0.25) is 0 Å². The molecule has 0 bridgehead atoms. The third-order valence-corrected chi connectivity index (χ3v) is 5.16. The normalized spacial score (nSPS) is 18.1. The van der Waals surface area contributed by atoms with Gasteiger partial charge in [0.1, 0.15) is 24.2 Å². The first-order valence-electron chi connectivity index (χ1n) is 8.62. The fourth-order valence-corrected chi connectivity index (χ4v) is 3.52. The minimum Gasteiger partial charge on any atom is -0.497 e. The van der Waals surface area contributed by atoms with Gasteiger partial charge in [0.15, 0.2) is 11.9 Å². The fourth-order valence-electron chi connectivity index (χ4n) is 2.89. The van der Waals surface area contributed by atoms with Gasteiger partial charge in [-0.25, -0.2) is 4.98 Å². The lowest BCUT2D eigenvalue weighted by atomic mass is 10.0. The van der Waals surface area contributed by atoms with Crippen molar-refractivity contribution in [2.75, 3.05) is 7.11 Å². The highest BCUT2D eigenvalue weighted by Crippen LogP contribution is 2.42. The van der Waals surface area contributed by atoms with E-state index in [0.717, 1.165) is 16.3 Å². The predicted octanol–water partition coefficient (Wildman–Crippen LogP) is 4.36. The van der Waals surface area contributed by atoms with E-state index in [2.05, 4.69) is 4.98 Å². The molecule has 0 aliphatic carbocycles. The maximum absolute atomic E-state index is 13.0. The fraction of sp³-hybridized carbons (Fsp3) is 0.238. The molecule has 0 spiro atoms. The number of carbonyl (C=O) groups is 1. The molecule has 1 saturated heterocycles. The Hall–Kier alpha value is -2.70. The Labute approximate surface area is 161 Å². The molecule has 4 rings (SSSR count). The Kier molecular flexibility index (Phi) is 4.92. The molecule has 27 heavy (non-hydrogen) atoms. The van der Waals surface area contributed by atoms with Gasteiger partial charge in [0.05, 0.1) is 23.4 Å². The van der Waals surface area contributed by atoms with Crippen LogP contribution in [0.25, 0.3) is 0 Å². The third kappa shape index (κ3) is 3.86. The second-order valence-electron chi connectivity index (χ2n) is 6.27. The van der Waals surface area contributed by atoms with Crippen molar-refractivity contribution in [2.24, 2.45) is 0 Å². The summed E-state index contributed by atoms with van der Waals surface area (Å²) in [5.41, 5.74) is 2.33. The lowest BCUT2D eigenvalue weighted by Crippen LogP contribution is -2.11. The number of benzene rings is 2. The molecule has 1 aromatic heterocycles. The number of carbonyl (C=O) groups excluding carboxylic acids is 1. The number of thiazole rings is 1. The number of epoxide rings is 1. The number of aryl methyl sites for hydroxylation is 1. The number of ether oxygens (including phenoxy) is 3. The molecule has 2 heterocycles. The third-order valence-electron chi connectivity index (χ3n) is 4.37. The SMILES string of the molecule is COc1ccc(C(=O)[C@@H]2O[C@@H]2c2csc(C)n2)c(OCc2ccccc2)c1. The van der Waals surface area contributed by atoms with Crippen molar-refractivity contribution in [1.29, 1.82) is 0 Å². The molecular formula is C21H19NO4S. The van der Waals surface area contributed by atoms with Crippen molar-refractivity contribution in [3.8, 4) is 11.5 Å². The molecule has 5 nitrogen and oxygen atoms in total. The molecule has 0 saturated carbocycles. The van der Waals surface area contributed by atoms with Gasteiger partial charge in [-0.2, -0.15) is 0 Å². The van der Waals surface area contributed by atoms with Gasteiger partial charge in [0.25, 0.3) is 0 Å². The lowest BCUT2D eigenvalue weighted by molar-refractivity contribution is 0.0949. The first-order valence-corrected chi connectivity index (χ1v) is 9.50. The summed E-state index contributed by atoms with van der Waals surface area (Å²) in [7, 11) is 1.59. The van der Waals surface area contributed by atoms with E-state index in [1.807, 2.05) is 42.6 Å². The van der Waals surface area contributed by atoms with E-state index in [4.69, 9.17) is 14.2 Å². The summed E-state index contributed by atoms with van der Waals surface area (Å²) >= 11 is 1.55. The first kappa shape index (κ1) is 17.7. The largest absolute Gasteiger partial charge is 0.497 e. The topological polar surface area (TPSA) is 61.0 Å². The van der Waals surface area contributed by atoms with Crippen LogP contribution in [0.2, 0.25) is 0 Å². The number of nitrogens with zero attached hydrogens (tertiary/aromatic N) is 1. The van der Waals surface area contributed by atoms with Crippen molar-refractivity contribution >= 4 is 17.1 Å². The lowest BCUT2D eigenvalue weighted by Gasteiger charge is -2.12. The van der Waals surface area contributed by atoms with Crippen molar-refractivity contribution in [3.63, 3.8) is 0 Å². The molecule has 1 fully saturated rings. The molecule has 138 valence electrons. The van der Waals surface area contributed by atoms with Crippen LogP contribution in [-0.4, -0.2) is 24.0 Å². The van der Waals surface area contributed by atoms with Crippen LogP contribution in [0, 0.1) is 6.92 Å². The van der Waals surface area contributed by atoms with E-state index in [-0.39, 0.29) is 11.9 Å². The zero-order valence-corrected chi connectivity index (χ0v) is 15.9. The van der Waals surface area contributed by atoms with Crippen LogP contribution in [0.3, 0.4) is 0 Å². The van der Waals surface area contributed by atoms with Crippen molar-refractivity contribution in [1.82, 2.24) is 4.98 Å². The van der Waals surface area contributed by atoms with Gasteiger partial charge >= 0.3 is 0 Å². The van der Waals surface area contributed by atoms with Gasteiger partial charge in [-0.05, 0) is 24.6 Å². The Morgan fingerprint density at radius 2 is 2.04 bits per heavy atom. The number of hydrogen-bond donors (Lipinski definition) is 0. The zero-order valence-electron chi connectivity index (χ0n) is 15.0. The number of rotatable bonds is 7. The average Bonchev–Trinajstić information content (AvgIpc) is 3.39. The number of methoxy groups -OCH3 is 1. The highest BCUT2D eigenvalue weighted by molar-refractivity contribution is 7.09. The van der Waals surface area contributed by atoms with Crippen LogP contribution in [0.1, 0.15) is 32.7 Å². The zero-order chi connectivity index (χ0) is 18.8. The molecule has 2 atom stereocenters. The summed E-state index contributed by atoms with van der Waals surface area (Å²) in [5, 5.41) is 2.90. The molecule has 0 N–H and O–H groups in total. The minimum absolute atomic E-state index is 0.101. The van der Waals surface area contributed by atoms with Crippen LogP contribution < -0.4 is 9.47 Å². The number of hydrogen-bond acceptors (Lipinski definition) is 6. The summed E-state index contributed by atoms with van der Waals surface area (Å²) in [4.78, 5) is 17.4. The summed E-state index contributed by atoms with van der Waals surface area (Å²) in [6, 6.07) is 15.0. The molecular weight excluding hydrogens is 362 g/mol. The highest BCUT2D eigenvalue weighted by atomic mass is 32.1. The van der Waals surface area contributed by atoms with E-state index >= 15 is 0 Å². The Morgan fingerprint density at radius 3 is 2.74 bits per heavy atom. The van der Waals surface area contributed by atoms with Crippen molar-refractivity contribution < 1.29 is 19.0 Å². The maximum Gasteiger partial charge on any atom is 0.198 e. The Balaban J connectivity index is 1.54. The van der Waals surface area contributed by atoms with Gasteiger partial charge in [-0.15, -0.1) is 11.3 Å². The molecule has 2 aromatic carbocycles. The van der Waals surface area contributed by atoms with Gasteiger partial charge in [-0.3, -0.25) is 4.79 Å². The number of Topliss-reactive ketones (excluding diaryl/α,β-unsaturated/α-hetero) is 1. The van der Waals surface area contributed by atoms with Crippen LogP contribution >= 0.6 is 11.3 Å². The summed E-state index contributed by atoms with van der Waals surface area (Å²) in [6.07, 6.45) is -0.787. The van der Waals surface area contributed by atoms with Gasteiger partial charge in [0, 0.05) is 11.4 Å². The van der Waals surface area contributed by atoms with Gasteiger partial charge in [-0.1, -0.05) is 30.3 Å². The molecule has 0 amide bonds. The van der Waals surface area contributed by atoms with E-state index in [1.165, 1.54) is 0 Å². The summed E-state index contributed by atoms with van der Waals surface area (Å²) < 4.78 is 16.8. The van der Waals surface area contributed by atoms with E-state index in [9.17, 15) is 4.79 Å². The predicted molar refractivity (Wildman–Crippen MR) is 103 cm³/mol. The summed E-state index contributed by atoms with van der Waals surface area (Å²) in [5.74, 6) is 1.03. The molecule has 1 aliphatic rings. The molecule has 6 heteroatoms. The van der Waals surface area contributed by atoms with Gasteiger partial charge < -0.3 is 14.2 Å². The Morgan fingerprint density at radius 1 is 1.22 bits per heavy atom. The van der Waals surface area contributed by atoms with Crippen LogP contribution in [-0.2, 0) is 11.3 Å². The molecule has 0 radical (unpaired) electrons. The highest BCUT2D eigenvalue weighted by Gasteiger charge is 2.48. The second kappa shape index (κ2) is 7.50. The number of ketones is 1. The number of aromatic nitrogens is 1. The monoisotopic (exact) mass is 381 g/mol. The second-order valence-corrected chi connectivity index (χ2v) is 7.33. The van der Waals surface area contributed by atoms with E-state index in [1.54, 1.807) is 36.6 Å². The van der Waals surface area contributed by atoms with Crippen LogP contribution in [0.15, 0.2) is 53.9 Å². The first-order chi connectivity index (χ1) is 13.2. The van der Waals surface area contributed by atoms with E-state index in [0.29, 0.717) is 23.7 Å². The molecule has 0 unspecified atom stereocenters. The van der Waals surface area contributed by atoms with E-state index < -0.39 is 6.10 Å². The quantitative estimate of drug-likeness (QED) is 0.449. The van der Waals surface area contributed by atoms with Crippen molar-refractivity contribution in [2.45, 2.75) is 25.7 Å². The molecule has 3 aromatic rings. The van der Waals surface area contributed by atoms with Crippen LogP contribution in [0.5, 0.6) is 11.5 Å². The van der Waals surface area contributed by atoms with Crippen LogP contribution in [0.4, 0.5) is 0 Å². The molecule has 1 aliphatic heterocycles.